The van der Waals surface area contributed by atoms with Crippen LogP contribution in [0.2, 0.25) is 0 Å². The van der Waals surface area contributed by atoms with Crippen LogP contribution >= 0.6 is 0 Å². The normalized spacial score (nSPS) is 13.1. The lowest BCUT2D eigenvalue weighted by Gasteiger charge is -2.20. The number of benzene rings is 1. The van der Waals surface area contributed by atoms with Crippen LogP contribution in [-0.2, 0) is 0 Å². The molecule has 6 nitrogen and oxygen atoms in total. The van der Waals surface area contributed by atoms with Gasteiger partial charge in [0.05, 0.1) is 5.56 Å². The third-order valence-electron chi connectivity index (χ3n) is 3.30. The van der Waals surface area contributed by atoms with Crippen LogP contribution in [-0.4, -0.2) is 29.3 Å². The number of aromatic nitrogens is 2. The number of rotatable bonds is 2. The number of carbonyl (C=O) groups excluding carboxylic acids is 1. The van der Waals surface area contributed by atoms with E-state index in [1.54, 1.807) is 18.2 Å². The van der Waals surface area contributed by atoms with E-state index in [0.717, 1.165) is 11.3 Å². The molecule has 20 heavy (non-hydrogen) atoms. The van der Waals surface area contributed by atoms with E-state index >= 15 is 0 Å². The lowest BCUT2D eigenvalue weighted by Crippen LogP contribution is -2.20. The molecule has 0 radical (unpaired) electrons. The molecule has 2 heterocycles. The van der Waals surface area contributed by atoms with E-state index in [0.29, 0.717) is 36.1 Å². The molecule has 0 fully saturated rings. The van der Waals surface area contributed by atoms with Crippen molar-refractivity contribution < 1.29 is 14.3 Å². The fourth-order valence-electron chi connectivity index (χ4n) is 2.03. The van der Waals surface area contributed by atoms with E-state index in [-0.39, 0.29) is 5.91 Å². The molecule has 1 aliphatic heterocycles. The summed E-state index contributed by atoms with van der Waals surface area (Å²) in [5, 5.41) is 9.68. The second kappa shape index (κ2) is 4.88. The van der Waals surface area contributed by atoms with Gasteiger partial charge in [-0.15, -0.1) is 0 Å². The summed E-state index contributed by atoms with van der Waals surface area (Å²) in [5.41, 5.74) is 2.29. The van der Waals surface area contributed by atoms with Crippen LogP contribution in [0.4, 0.5) is 5.82 Å². The zero-order valence-corrected chi connectivity index (χ0v) is 11.3. The summed E-state index contributed by atoms with van der Waals surface area (Å²) in [6, 6.07) is 5.26. The molecule has 0 unspecified atom stereocenters. The van der Waals surface area contributed by atoms with Crippen molar-refractivity contribution in [3.8, 4) is 11.5 Å². The van der Waals surface area contributed by atoms with E-state index in [1.807, 2.05) is 13.8 Å². The van der Waals surface area contributed by atoms with E-state index in [4.69, 9.17) is 9.47 Å². The molecule has 0 atom stereocenters. The number of hydrogen-bond acceptors (Lipinski definition) is 4. The van der Waals surface area contributed by atoms with Gasteiger partial charge in [-0.3, -0.25) is 9.89 Å². The van der Waals surface area contributed by atoms with Crippen LogP contribution in [0, 0.1) is 13.8 Å². The number of hydrogen-bond donors (Lipinski definition) is 2. The number of carbonyl (C=O) groups is 1. The third-order valence-corrected chi connectivity index (χ3v) is 3.30. The molecular formula is C14H15N3O3. The minimum atomic E-state index is -0.262. The van der Waals surface area contributed by atoms with Gasteiger partial charge in [-0.05, 0) is 26.0 Å². The van der Waals surface area contributed by atoms with Crippen molar-refractivity contribution in [1.29, 1.82) is 0 Å². The van der Waals surface area contributed by atoms with Crippen LogP contribution in [0.1, 0.15) is 21.6 Å². The highest BCUT2D eigenvalue weighted by Gasteiger charge is 2.21. The molecule has 3 rings (SSSR count). The highest BCUT2D eigenvalue weighted by Crippen LogP contribution is 2.34. The monoisotopic (exact) mass is 273 g/mol. The molecule has 1 aliphatic rings. The Morgan fingerprint density at radius 1 is 1.30 bits per heavy atom. The van der Waals surface area contributed by atoms with Crippen molar-refractivity contribution in [3.63, 3.8) is 0 Å². The molecule has 0 spiro atoms. The molecule has 0 bridgehead atoms. The number of anilines is 1. The van der Waals surface area contributed by atoms with Crippen molar-refractivity contribution >= 4 is 11.7 Å². The number of ether oxygens (including phenoxy) is 2. The standard InChI is InChI=1S/C14H15N3O3/c1-8-9(2)16-17-13(8)15-14(18)10-4-3-5-11-12(10)20-7-6-19-11/h3-5H,6-7H2,1-2H3,(H2,15,16,17,18). The van der Waals surface area contributed by atoms with Gasteiger partial charge in [-0.2, -0.15) is 5.10 Å². The Morgan fingerprint density at radius 2 is 2.10 bits per heavy atom. The Bertz CT molecular complexity index is 664. The number of fused-ring (bicyclic) bond motifs is 1. The third kappa shape index (κ3) is 2.09. The molecule has 1 aromatic carbocycles. The number of para-hydroxylation sites is 1. The van der Waals surface area contributed by atoms with Crippen LogP contribution in [0.25, 0.3) is 0 Å². The fourth-order valence-corrected chi connectivity index (χ4v) is 2.03. The average Bonchev–Trinajstić information content (AvgIpc) is 2.78. The molecular weight excluding hydrogens is 258 g/mol. The zero-order chi connectivity index (χ0) is 14.1. The molecule has 0 saturated heterocycles. The molecule has 2 N–H and O–H groups in total. The summed E-state index contributed by atoms with van der Waals surface area (Å²) in [6.45, 7) is 4.74. The number of nitrogens with zero attached hydrogens (tertiary/aromatic N) is 1. The quantitative estimate of drug-likeness (QED) is 0.878. The summed E-state index contributed by atoms with van der Waals surface area (Å²) < 4.78 is 11.0. The first-order valence-electron chi connectivity index (χ1n) is 6.38. The first-order valence-corrected chi connectivity index (χ1v) is 6.38. The lowest BCUT2D eigenvalue weighted by molar-refractivity contribution is 0.101. The second-order valence-corrected chi connectivity index (χ2v) is 4.61. The second-order valence-electron chi connectivity index (χ2n) is 4.61. The van der Waals surface area contributed by atoms with Crippen molar-refractivity contribution in [2.75, 3.05) is 18.5 Å². The van der Waals surface area contributed by atoms with E-state index in [2.05, 4.69) is 15.5 Å². The fraction of sp³-hybridized carbons (Fsp3) is 0.286. The Morgan fingerprint density at radius 3 is 2.85 bits per heavy atom. The summed E-state index contributed by atoms with van der Waals surface area (Å²) in [7, 11) is 0. The first kappa shape index (κ1) is 12.5. The SMILES string of the molecule is Cc1[nH]nc(NC(=O)c2cccc3c2OCCO3)c1C. The Balaban J connectivity index is 1.89. The summed E-state index contributed by atoms with van der Waals surface area (Å²) in [6.07, 6.45) is 0. The van der Waals surface area contributed by atoms with Crippen LogP contribution in [0.3, 0.4) is 0 Å². The van der Waals surface area contributed by atoms with Gasteiger partial charge in [0.15, 0.2) is 17.3 Å². The molecule has 1 amide bonds. The van der Waals surface area contributed by atoms with Gasteiger partial charge in [0.25, 0.3) is 5.91 Å². The number of aromatic amines is 1. The maximum Gasteiger partial charge on any atom is 0.260 e. The molecule has 0 aliphatic carbocycles. The van der Waals surface area contributed by atoms with Gasteiger partial charge in [0.1, 0.15) is 13.2 Å². The lowest BCUT2D eigenvalue weighted by atomic mass is 10.1. The smallest absolute Gasteiger partial charge is 0.260 e. The van der Waals surface area contributed by atoms with Crippen molar-refractivity contribution in [2.45, 2.75) is 13.8 Å². The number of nitrogens with one attached hydrogen (secondary N) is 2. The summed E-state index contributed by atoms with van der Waals surface area (Å²) in [4.78, 5) is 12.3. The zero-order valence-electron chi connectivity index (χ0n) is 11.3. The Kier molecular flexibility index (Phi) is 3.06. The van der Waals surface area contributed by atoms with E-state index in [9.17, 15) is 4.79 Å². The van der Waals surface area contributed by atoms with Crippen molar-refractivity contribution in [2.24, 2.45) is 0 Å². The summed E-state index contributed by atoms with van der Waals surface area (Å²) in [5.74, 6) is 1.35. The van der Waals surface area contributed by atoms with Crippen LogP contribution < -0.4 is 14.8 Å². The minimum Gasteiger partial charge on any atom is -0.486 e. The van der Waals surface area contributed by atoms with E-state index in [1.165, 1.54) is 0 Å². The molecule has 2 aromatic rings. The van der Waals surface area contributed by atoms with Gasteiger partial charge in [-0.1, -0.05) is 6.07 Å². The topological polar surface area (TPSA) is 76.2 Å². The maximum absolute atomic E-state index is 12.3. The van der Waals surface area contributed by atoms with Crippen molar-refractivity contribution in [1.82, 2.24) is 10.2 Å². The number of amides is 1. The molecule has 1 aromatic heterocycles. The van der Waals surface area contributed by atoms with Crippen LogP contribution in [0.5, 0.6) is 11.5 Å². The van der Waals surface area contributed by atoms with Gasteiger partial charge < -0.3 is 14.8 Å². The molecule has 104 valence electrons. The highest BCUT2D eigenvalue weighted by atomic mass is 16.6. The van der Waals surface area contributed by atoms with Gasteiger partial charge in [0.2, 0.25) is 0 Å². The van der Waals surface area contributed by atoms with E-state index < -0.39 is 0 Å². The molecule has 0 saturated carbocycles. The maximum atomic E-state index is 12.3. The number of aryl methyl sites for hydroxylation is 1. The predicted molar refractivity (Wildman–Crippen MR) is 73.4 cm³/mol. The average molecular weight is 273 g/mol. The van der Waals surface area contributed by atoms with Crippen LogP contribution in [0.15, 0.2) is 18.2 Å². The minimum absolute atomic E-state index is 0.262. The highest BCUT2D eigenvalue weighted by molar-refractivity contribution is 6.06. The summed E-state index contributed by atoms with van der Waals surface area (Å²) >= 11 is 0. The largest absolute Gasteiger partial charge is 0.486 e. The van der Waals surface area contributed by atoms with Gasteiger partial charge >= 0.3 is 0 Å². The van der Waals surface area contributed by atoms with Crippen molar-refractivity contribution in [3.05, 3.63) is 35.0 Å². The Labute approximate surface area is 116 Å². The Hall–Kier alpha value is -2.50. The predicted octanol–water partition coefficient (Wildman–Crippen LogP) is 2.05. The molecule has 6 heteroatoms. The van der Waals surface area contributed by atoms with Gasteiger partial charge in [-0.25, -0.2) is 0 Å². The first-order chi connectivity index (χ1) is 9.66. The number of H-pyrrole nitrogens is 1. The van der Waals surface area contributed by atoms with Gasteiger partial charge in [0, 0.05) is 11.3 Å².